The third-order valence-corrected chi connectivity index (χ3v) is 5.17. The predicted octanol–water partition coefficient (Wildman–Crippen LogP) is 3.58. The highest BCUT2D eigenvalue weighted by molar-refractivity contribution is 5.80. The smallest absolute Gasteiger partial charge is 0.223 e. The summed E-state index contributed by atoms with van der Waals surface area (Å²) in [4.78, 5) is 16.7. The Morgan fingerprint density at radius 2 is 2.00 bits per heavy atom. The topological polar surface area (TPSA) is 65.4 Å². The van der Waals surface area contributed by atoms with E-state index >= 15 is 0 Å². The second-order valence-corrected chi connectivity index (χ2v) is 7.36. The summed E-state index contributed by atoms with van der Waals surface area (Å²) in [5.74, 6) is 3.02. The fraction of sp³-hybridized carbons (Fsp3) is 0.391. The molecule has 3 aromatic rings. The van der Waals surface area contributed by atoms with Crippen molar-refractivity contribution in [3.63, 3.8) is 0 Å². The van der Waals surface area contributed by atoms with Gasteiger partial charge in [0.2, 0.25) is 5.91 Å². The van der Waals surface area contributed by atoms with Crippen molar-refractivity contribution >= 4 is 16.9 Å². The first-order valence-corrected chi connectivity index (χ1v) is 10.2. The third-order valence-electron chi connectivity index (χ3n) is 5.17. The number of fused-ring (bicyclic) bond motifs is 1. The van der Waals surface area contributed by atoms with Gasteiger partial charge in [-0.1, -0.05) is 18.2 Å². The van der Waals surface area contributed by atoms with E-state index in [2.05, 4.69) is 16.0 Å². The van der Waals surface area contributed by atoms with Gasteiger partial charge in [0, 0.05) is 31.5 Å². The minimum atomic E-state index is 0.180. The van der Waals surface area contributed by atoms with Crippen molar-refractivity contribution in [1.82, 2.24) is 14.9 Å². The van der Waals surface area contributed by atoms with Gasteiger partial charge >= 0.3 is 0 Å². The lowest BCUT2D eigenvalue weighted by molar-refractivity contribution is -0.122. The summed E-state index contributed by atoms with van der Waals surface area (Å²) in [5.41, 5.74) is 2.11. The summed E-state index contributed by atoms with van der Waals surface area (Å²) in [5, 5.41) is 3.04. The number of nitrogens with zero attached hydrogens (tertiary/aromatic N) is 2. The monoisotopic (exact) mass is 393 g/mol. The number of amides is 1. The lowest BCUT2D eigenvalue weighted by Gasteiger charge is -2.11. The van der Waals surface area contributed by atoms with E-state index in [1.165, 1.54) is 0 Å². The predicted molar refractivity (Wildman–Crippen MR) is 112 cm³/mol. The number of carbonyl (C=O) groups excluding carboxylic acids is 1. The number of aryl methyl sites for hydroxylation is 1. The highest BCUT2D eigenvalue weighted by Crippen LogP contribution is 2.28. The Hall–Kier alpha value is -3.02. The van der Waals surface area contributed by atoms with Crippen molar-refractivity contribution in [3.8, 4) is 11.5 Å². The molecule has 1 N–H and O–H groups in total. The number of hydrogen-bond acceptors (Lipinski definition) is 4. The lowest BCUT2D eigenvalue weighted by atomic mass is 10.3. The Balaban J connectivity index is 1.36. The molecule has 1 saturated carbocycles. The molecule has 1 fully saturated rings. The van der Waals surface area contributed by atoms with E-state index in [-0.39, 0.29) is 11.8 Å². The molecule has 0 unspecified atom stereocenters. The molecule has 6 nitrogen and oxygen atoms in total. The minimum absolute atomic E-state index is 0.180. The van der Waals surface area contributed by atoms with Crippen LogP contribution < -0.4 is 14.8 Å². The van der Waals surface area contributed by atoms with Crippen LogP contribution in [0, 0.1) is 5.92 Å². The molecular formula is C23H27N3O3. The summed E-state index contributed by atoms with van der Waals surface area (Å²) >= 11 is 0. The summed E-state index contributed by atoms with van der Waals surface area (Å²) < 4.78 is 13.4. The first kappa shape index (κ1) is 19.3. The van der Waals surface area contributed by atoms with E-state index < -0.39 is 0 Å². The van der Waals surface area contributed by atoms with Crippen molar-refractivity contribution in [2.45, 2.75) is 32.2 Å². The van der Waals surface area contributed by atoms with Gasteiger partial charge < -0.3 is 19.4 Å². The minimum Gasteiger partial charge on any atom is -0.497 e. The van der Waals surface area contributed by atoms with Crippen LogP contribution in [0.4, 0.5) is 0 Å². The molecule has 0 atom stereocenters. The molecule has 2 aromatic carbocycles. The van der Waals surface area contributed by atoms with Gasteiger partial charge in [0.15, 0.2) is 0 Å². The van der Waals surface area contributed by atoms with Crippen LogP contribution in [-0.2, 0) is 17.8 Å². The normalized spacial score (nSPS) is 13.4. The average Bonchev–Trinajstić information content (AvgIpc) is 3.54. The Morgan fingerprint density at radius 3 is 2.83 bits per heavy atom. The molecule has 6 heteroatoms. The maximum Gasteiger partial charge on any atom is 0.223 e. The third kappa shape index (κ3) is 4.88. The lowest BCUT2D eigenvalue weighted by Crippen LogP contribution is -2.27. The fourth-order valence-electron chi connectivity index (χ4n) is 3.46. The van der Waals surface area contributed by atoms with Crippen molar-refractivity contribution < 1.29 is 14.3 Å². The van der Waals surface area contributed by atoms with Crippen LogP contribution in [0.1, 0.15) is 25.1 Å². The molecule has 0 spiro atoms. The van der Waals surface area contributed by atoms with Crippen molar-refractivity contribution in [2.75, 3.05) is 20.3 Å². The summed E-state index contributed by atoms with van der Waals surface area (Å²) in [6, 6.07) is 15.8. The summed E-state index contributed by atoms with van der Waals surface area (Å²) in [7, 11) is 1.65. The van der Waals surface area contributed by atoms with Crippen LogP contribution >= 0.6 is 0 Å². The number of methoxy groups -OCH3 is 1. The molecule has 29 heavy (non-hydrogen) atoms. The van der Waals surface area contributed by atoms with Gasteiger partial charge in [-0.05, 0) is 43.5 Å². The van der Waals surface area contributed by atoms with E-state index in [0.717, 1.165) is 60.6 Å². The van der Waals surface area contributed by atoms with Gasteiger partial charge in [-0.2, -0.15) is 0 Å². The fourth-order valence-corrected chi connectivity index (χ4v) is 3.46. The number of rotatable bonds is 10. The number of para-hydroxylation sites is 2. The number of nitrogens with one attached hydrogen (secondary N) is 1. The van der Waals surface area contributed by atoms with E-state index in [1.54, 1.807) is 7.11 Å². The number of aromatic nitrogens is 2. The summed E-state index contributed by atoms with van der Waals surface area (Å²) in [6.07, 6.45) is 3.64. The largest absolute Gasteiger partial charge is 0.497 e. The van der Waals surface area contributed by atoms with Crippen LogP contribution in [0.5, 0.6) is 11.5 Å². The van der Waals surface area contributed by atoms with E-state index in [0.29, 0.717) is 13.2 Å². The molecule has 0 bridgehead atoms. The van der Waals surface area contributed by atoms with Gasteiger partial charge in [-0.25, -0.2) is 4.98 Å². The maximum atomic E-state index is 11.9. The first-order valence-electron chi connectivity index (χ1n) is 10.2. The van der Waals surface area contributed by atoms with Crippen LogP contribution in [0.15, 0.2) is 48.5 Å². The molecular weight excluding hydrogens is 366 g/mol. The van der Waals surface area contributed by atoms with Gasteiger partial charge in [0.05, 0.1) is 24.8 Å². The number of benzene rings is 2. The number of hydrogen-bond donors (Lipinski definition) is 1. The van der Waals surface area contributed by atoms with Gasteiger partial charge in [-0.15, -0.1) is 0 Å². The van der Waals surface area contributed by atoms with E-state index in [4.69, 9.17) is 14.5 Å². The zero-order chi connectivity index (χ0) is 20.1. The Morgan fingerprint density at radius 1 is 1.17 bits per heavy atom. The van der Waals surface area contributed by atoms with Crippen molar-refractivity contribution in [3.05, 3.63) is 54.4 Å². The molecule has 0 radical (unpaired) electrons. The van der Waals surface area contributed by atoms with Crippen LogP contribution in [0.3, 0.4) is 0 Å². The highest BCUT2D eigenvalue weighted by Gasteiger charge is 2.29. The Bertz CT molecular complexity index is 978. The van der Waals surface area contributed by atoms with Crippen LogP contribution in [-0.4, -0.2) is 35.7 Å². The van der Waals surface area contributed by atoms with E-state index in [1.807, 2.05) is 42.5 Å². The molecule has 4 rings (SSSR count). The second-order valence-electron chi connectivity index (χ2n) is 7.36. The highest BCUT2D eigenvalue weighted by atomic mass is 16.5. The molecule has 1 aliphatic rings. The molecule has 1 amide bonds. The summed E-state index contributed by atoms with van der Waals surface area (Å²) in [6.45, 7) is 2.05. The average molecular weight is 393 g/mol. The van der Waals surface area contributed by atoms with Crippen molar-refractivity contribution in [1.29, 1.82) is 0 Å². The Kier molecular flexibility index (Phi) is 5.98. The molecule has 1 aromatic heterocycles. The SMILES string of the molecule is COc1cccc(OCCCn2c(CCNC(=O)C3CC3)nc3ccccc32)c1. The van der Waals surface area contributed by atoms with Gasteiger partial charge in [0.25, 0.3) is 0 Å². The number of ether oxygens (including phenoxy) is 2. The number of imidazole rings is 1. The van der Waals surface area contributed by atoms with E-state index in [9.17, 15) is 4.79 Å². The zero-order valence-corrected chi connectivity index (χ0v) is 16.8. The van der Waals surface area contributed by atoms with Gasteiger partial charge in [-0.3, -0.25) is 4.79 Å². The van der Waals surface area contributed by atoms with Crippen LogP contribution in [0.2, 0.25) is 0 Å². The standard InChI is InChI=1S/C23H27N3O3/c1-28-18-6-4-7-19(16-18)29-15-5-14-26-21-9-3-2-8-20(21)25-22(26)12-13-24-23(27)17-10-11-17/h2-4,6-9,16-17H,5,10-15H2,1H3,(H,24,27). The maximum absolute atomic E-state index is 11.9. The second kappa shape index (κ2) is 8.99. The van der Waals surface area contributed by atoms with Crippen LogP contribution in [0.25, 0.3) is 11.0 Å². The molecule has 1 heterocycles. The Labute approximate surface area is 170 Å². The molecule has 0 saturated heterocycles. The van der Waals surface area contributed by atoms with Crippen molar-refractivity contribution in [2.24, 2.45) is 5.92 Å². The molecule has 0 aliphatic heterocycles. The molecule has 1 aliphatic carbocycles. The number of carbonyl (C=O) groups is 1. The zero-order valence-electron chi connectivity index (χ0n) is 16.8. The first-order chi connectivity index (χ1) is 14.2. The quantitative estimate of drug-likeness (QED) is 0.535. The molecule has 152 valence electrons. The van der Waals surface area contributed by atoms with Gasteiger partial charge in [0.1, 0.15) is 17.3 Å².